The third-order valence-corrected chi connectivity index (χ3v) is 3.37. The van der Waals surface area contributed by atoms with E-state index in [9.17, 15) is 0 Å². The summed E-state index contributed by atoms with van der Waals surface area (Å²) in [5.41, 5.74) is 2.28. The van der Waals surface area contributed by atoms with Crippen LogP contribution in [-0.4, -0.2) is 10.2 Å². The minimum Gasteiger partial charge on any atom is -0.412 e. The second kappa shape index (κ2) is 3.38. The molecule has 0 aromatic carbocycles. The second-order valence-corrected chi connectivity index (χ2v) is 4.70. The molecule has 0 aliphatic rings. The van der Waals surface area contributed by atoms with E-state index in [1.807, 2.05) is 28.0 Å². The van der Waals surface area contributed by atoms with Gasteiger partial charge in [0.2, 0.25) is 5.89 Å². The summed E-state index contributed by atoms with van der Waals surface area (Å²) in [5.74, 6) is 0.617. The largest absolute Gasteiger partial charge is 0.412 e. The highest BCUT2D eigenvalue weighted by Crippen LogP contribution is 2.29. The van der Waals surface area contributed by atoms with E-state index in [0.717, 1.165) is 5.56 Å². The fraction of sp³-hybridized carbons (Fsp3) is 0.250. The quantitative estimate of drug-likeness (QED) is 0.760. The first kappa shape index (κ1) is 9.14. The lowest BCUT2D eigenvalue weighted by atomic mass is 10.2. The van der Waals surface area contributed by atoms with Crippen LogP contribution in [-0.2, 0) is 0 Å². The lowest BCUT2D eigenvalue weighted by Gasteiger charge is -1.91. The lowest BCUT2D eigenvalue weighted by Crippen LogP contribution is -1.78. The fourth-order valence-corrected chi connectivity index (χ4v) is 2.21. The number of nitrogens with zero attached hydrogens (tertiary/aromatic N) is 2. The number of halogens is 1. The summed E-state index contributed by atoms with van der Waals surface area (Å²) in [5, 5.41) is 9.81. The molecule has 0 radical (unpaired) electrons. The zero-order chi connectivity index (χ0) is 9.42. The van der Waals surface area contributed by atoms with Gasteiger partial charge in [0.25, 0.3) is 3.90 Å². The summed E-state index contributed by atoms with van der Waals surface area (Å²) in [6.45, 7) is 4.16. The standard InChI is InChI=1S/C8H7IN2OS/c1-4-5(2)13-3-6(4)7-10-11-8(9)12-7/h3H,1-2H3. The molecular formula is C8H7IN2OS. The molecule has 0 fully saturated rings. The molecule has 0 unspecified atom stereocenters. The van der Waals surface area contributed by atoms with Crippen LogP contribution in [0.1, 0.15) is 10.4 Å². The van der Waals surface area contributed by atoms with Gasteiger partial charge in [0.1, 0.15) is 0 Å². The van der Waals surface area contributed by atoms with Crippen LogP contribution < -0.4 is 0 Å². The van der Waals surface area contributed by atoms with Gasteiger partial charge in [-0.1, -0.05) is 0 Å². The van der Waals surface area contributed by atoms with Crippen LogP contribution in [0, 0.1) is 17.7 Å². The van der Waals surface area contributed by atoms with E-state index in [0.29, 0.717) is 9.79 Å². The van der Waals surface area contributed by atoms with Crippen molar-refractivity contribution >= 4 is 33.9 Å². The van der Waals surface area contributed by atoms with Crippen molar-refractivity contribution in [2.24, 2.45) is 0 Å². The smallest absolute Gasteiger partial charge is 0.278 e. The summed E-state index contributed by atoms with van der Waals surface area (Å²) < 4.78 is 5.91. The highest BCUT2D eigenvalue weighted by Gasteiger charge is 2.12. The van der Waals surface area contributed by atoms with Gasteiger partial charge < -0.3 is 4.42 Å². The monoisotopic (exact) mass is 306 g/mol. The average molecular weight is 306 g/mol. The molecule has 3 nitrogen and oxygen atoms in total. The lowest BCUT2D eigenvalue weighted by molar-refractivity contribution is 0.537. The van der Waals surface area contributed by atoms with Crippen molar-refractivity contribution in [2.75, 3.05) is 0 Å². The van der Waals surface area contributed by atoms with Crippen LogP contribution in [0.5, 0.6) is 0 Å². The Kier molecular flexibility index (Phi) is 2.37. The molecule has 0 saturated carbocycles. The Morgan fingerprint density at radius 2 is 2.15 bits per heavy atom. The van der Waals surface area contributed by atoms with Crippen LogP contribution in [0.2, 0.25) is 0 Å². The van der Waals surface area contributed by atoms with Gasteiger partial charge in [-0.15, -0.1) is 21.5 Å². The Bertz CT molecular complexity index is 435. The number of hydrogen-bond donors (Lipinski definition) is 0. The molecular weight excluding hydrogens is 299 g/mol. The molecule has 2 aromatic rings. The predicted molar refractivity (Wildman–Crippen MR) is 59.8 cm³/mol. The minimum atomic E-state index is 0.579. The van der Waals surface area contributed by atoms with Gasteiger partial charge in [0.05, 0.1) is 5.56 Å². The maximum atomic E-state index is 5.33. The van der Waals surface area contributed by atoms with E-state index >= 15 is 0 Å². The van der Waals surface area contributed by atoms with E-state index in [2.05, 4.69) is 24.0 Å². The van der Waals surface area contributed by atoms with Crippen LogP contribution >= 0.6 is 33.9 Å². The number of aryl methyl sites for hydroxylation is 1. The number of rotatable bonds is 1. The Hall–Kier alpha value is -0.430. The van der Waals surface area contributed by atoms with Crippen LogP contribution in [0.25, 0.3) is 11.5 Å². The molecule has 0 spiro atoms. The van der Waals surface area contributed by atoms with Gasteiger partial charge in [-0.25, -0.2) is 0 Å². The Balaban J connectivity index is 2.52. The molecule has 0 aliphatic heterocycles. The van der Waals surface area contributed by atoms with E-state index in [4.69, 9.17) is 4.42 Å². The summed E-state index contributed by atoms with van der Waals surface area (Å²) in [6, 6.07) is 0. The molecule has 0 saturated heterocycles. The van der Waals surface area contributed by atoms with Gasteiger partial charge in [0, 0.05) is 32.8 Å². The highest BCUT2D eigenvalue weighted by atomic mass is 127. The summed E-state index contributed by atoms with van der Waals surface area (Å²) in [4.78, 5) is 1.29. The van der Waals surface area contributed by atoms with Gasteiger partial charge in [-0.2, -0.15) is 0 Å². The second-order valence-electron chi connectivity index (χ2n) is 2.69. The van der Waals surface area contributed by atoms with Gasteiger partial charge in [-0.3, -0.25) is 0 Å². The van der Waals surface area contributed by atoms with E-state index in [-0.39, 0.29) is 0 Å². The molecule has 0 atom stereocenters. The first-order valence-corrected chi connectivity index (χ1v) is 5.68. The maximum absolute atomic E-state index is 5.33. The SMILES string of the molecule is Cc1scc(-c2nnc(I)o2)c1C. The Morgan fingerprint density at radius 1 is 1.38 bits per heavy atom. The van der Waals surface area contributed by atoms with Gasteiger partial charge in [-0.05, 0) is 19.4 Å². The van der Waals surface area contributed by atoms with Crippen molar-refractivity contribution in [1.29, 1.82) is 0 Å². The highest BCUT2D eigenvalue weighted by molar-refractivity contribution is 14.1. The normalized spacial score (nSPS) is 10.7. The zero-order valence-electron chi connectivity index (χ0n) is 7.17. The topological polar surface area (TPSA) is 38.9 Å². The molecule has 5 heteroatoms. The zero-order valence-corrected chi connectivity index (χ0v) is 10.1. The average Bonchev–Trinajstić information content (AvgIpc) is 2.62. The number of aromatic nitrogens is 2. The van der Waals surface area contributed by atoms with Crippen molar-refractivity contribution < 1.29 is 4.42 Å². The summed E-state index contributed by atoms with van der Waals surface area (Å²) in [7, 11) is 0. The number of thiophene rings is 1. The molecule has 2 aromatic heterocycles. The minimum absolute atomic E-state index is 0.579. The van der Waals surface area contributed by atoms with E-state index in [1.54, 1.807) is 11.3 Å². The first-order chi connectivity index (χ1) is 6.18. The van der Waals surface area contributed by atoms with Crippen LogP contribution in [0.15, 0.2) is 9.80 Å². The van der Waals surface area contributed by atoms with Gasteiger partial charge in [0.15, 0.2) is 0 Å². The summed E-state index contributed by atoms with van der Waals surface area (Å²) >= 11 is 3.71. The molecule has 2 heterocycles. The van der Waals surface area contributed by atoms with Crippen molar-refractivity contribution in [3.05, 3.63) is 19.7 Å². The molecule has 0 N–H and O–H groups in total. The first-order valence-electron chi connectivity index (χ1n) is 3.72. The number of hydrogen-bond acceptors (Lipinski definition) is 4. The van der Waals surface area contributed by atoms with Crippen molar-refractivity contribution in [1.82, 2.24) is 10.2 Å². The van der Waals surface area contributed by atoms with Crippen molar-refractivity contribution in [3.63, 3.8) is 0 Å². The third kappa shape index (κ3) is 1.62. The van der Waals surface area contributed by atoms with E-state index in [1.165, 1.54) is 10.4 Å². The van der Waals surface area contributed by atoms with Crippen LogP contribution in [0.4, 0.5) is 0 Å². The summed E-state index contributed by atoms with van der Waals surface area (Å²) in [6.07, 6.45) is 0. The predicted octanol–water partition coefficient (Wildman–Crippen LogP) is 3.02. The Morgan fingerprint density at radius 3 is 2.62 bits per heavy atom. The molecule has 2 rings (SSSR count). The molecule has 0 amide bonds. The van der Waals surface area contributed by atoms with Crippen molar-refractivity contribution in [3.8, 4) is 11.5 Å². The van der Waals surface area contributed by atoms with Crippen LogP contribution in [0.3, 0.4) is 0 Å². The fourth-order valence-electron chi connectivity index (χ4n) is 1.04. The van der Waals surface area contributed by atoms with Gasteiger partial charge >= 0.3 is 0 Å². The molecule has 0 bridgehead atoms. The molecule has 13 heavy (non-hydrogen) atoms. The van der Waals surface area contributed by atoms with Crippen molar-refractivity contribution in [2.45, 2.75) is 13.8 Å². The molecule has 68 valence electrons. The Labute approximate surface area is 93.3 Å². The molecule has 0 aliphatic carbocycles. The van der Waals surface area contributed by atoms with E-state index < -0.39 is 0 Å². The third-order valence-electron chi connectivity index (χ3n) is 1.92. The maximum Gasteiger partial charge on any atom is 0.278 e.